The zero-order chi connectivity index (χ0) is 38.6. The Morgan fingerprint density at radius 3 is 0.930 bits per heavy atom. The second-order valence-corrected chi connectivity index (χ2v) is 15.1. The third-order valence-corrected chi connectivity index (χ3v) is 11.0. The summed E-state index contributed by atoms with van der Waals surface area (Å²) in [5.41, 5.74) is 16.5. The van der Waals surface area contributed by atoms with Crippen LogP contribution in [0.3, 0.4) is 0 Å². The molecule has 0 aromatic heterocycles. The van der Waals surface area contributed by atoms with E-state index in [1.54, 1.807) is 0 Å². The molecule has 0 N–H and O–H groups in total. The molecule has 8 aromatic rings. The molecule has 0 bridgehead atoms. The summed E-state index contributed by atoms with van der Waals surface area (Å²) in [6, 6.07) is 73.9. The van der Waals surface area contributed by atoms with Crippen molar-refractivity contribution in [2.75, 3.05) is 9.80 Å². The van der Waals surface area contributed by atoms with Gasteiger partial charge in [-0.05, 0) is 117 Å². The molecule has 0 amide bonds. The van der Waals surface area contributed by atoms with Gasteiger partial charge in [0.15, 0.2) is 0 Å². The van der Waals surface area contributed by atoms with E-state index in [1.807, 2.05) is 12.1 Å². The van der Waals surface area contributed by atoms with E-state index in [2.05, 4.69) is 242 Å². The smallest absolute Gasteiger partial charge is 0.0465 e. The highest BCUT2D eigenvalue weighted by molar-refractivity contribution is 5.88. The van der Waals surface area contributed by atoms with Crippen LogP contribution < -0.4 is 9.80 Å². The van der Waals surface area contributed by atoms with Gasteiger partial charge in [0.1, 0.15) is 0 Å². The number of rotatable bonds is 10. The molecule has 8 aromatic carbocycles. The number of nitrogens with zero attached hydrogens (tertiary/aromatic N) is 2. The lowest BCUT2D eigenvalue weighted by atomic mass is 9.82. The highest BCUT2D eigenvalue weighted by Gasteiger charge is 2.37. The summed E-state index contributed by atoms with van der Waals surface area (Å²) in [5.74, 6) is 0. The van der Waals surface area contributed by atoms with E-state index < -0.39 is 0 Å². The van der Waals surface area contributed by atoms with Crippen LogP contribution in [0.15, 0.2) is 206 Å². The molecular weight excluding hydrogens is 689 g/mol. The maximum absolute atomic E-state index is 2.40. The predicted molar refractivity (Wildman–Crippen MR) is 244 cm³/mol. The molecule has 274 valence electrons. The Hall–Kier alpha value is -7.16. The molecule has 1 aliphatic rings. The van der Waals surface area contributed by atoms with E-state index in [0.717, 1.165) is 45.3 Å². The van der Waals surface area contributed by atoms with Gasteiger partial charge in [-0.2, -0.15) is 0 Å². The van der Waals surface area contributed by atoms with Crippen molar-refractivity contribution >= 4 is 58.4 Å². The monoisotopic (exact) mass is 732 g/mol. The molecular formula is C55H44N2. The second-order valence-electron chi connectivity index (χ2n) is 15.1. The lowest BCUT2D eigenvalue weighted by Crippen LogP contribution is -2.17. The minimum atomic E-state index is -0.223. The van der Waals surface area contributed by atoms with Crippen LogP contribution in [0.2, 0.25) is 0 Å². The molecule has 57 heavy (non-hydrogen) atoms. The minimum Gasteiger partial charge on any atom is -0.310 e. The van der Waals surface area contributed by atoms with Crippen LogP contribution in [0, 0.1) is 0 Å². The first-order chi connectivity index (χ1) is 28.0. The van der Waals surface area contributed by atoms with Gasteiger partial charge in [0, 0.05) is 39.5 Å². The van der Waals surface area contributed by atoms with Crippen molar-refractivity contribution in [2.24, 2.45) is 0 Å². The molecule has 0 atom stereocenters. The van der Waals surface area contributed by atoms with Crippen molar-refractivity contribution in [2.45, 2.75) is 19.3 Å². The second kappa shape index (κ2) is 15.5. The fourth-order valence-corrected chi connectivity index (χ4v) is 8.02. The molecule has 2 heteroatoms. The van der Waals surface area contributed by atoms with E-state index in [1.165, 1.54) is 33.4 Å². The van der Waals surface area contributed by atoms with Crippen molar-refractivity contribution in [1.29, 1.82) is 0 Å². The van der Waals surface area contributed by atoms with E-state index in [0.29, 0.717) is 0 Å². The Labute approximate surface area is 337 Å². The third kappa shape index (κ3) is 7.34. The van der Waals surface area contributed by atoms with Crippen LogP contribution in [-0.2, 0) is 5.41 Å². The lowest BCUT2D eigenvalue weighted by molar-refractivity contribution is 0.660. The molecule has 0 unspecified atom stereocenters. The topological polar surface area (TPSA) is 6.48 Å². The van der Waals surface area contributed by atoms with Gasteiger partial charge < -0.3 is 9.80 Å². The molecule has 0 aliphatic heterocycles. The Morgan fingerprint density at radius 1 is 0.298 bits per heavy atom. The van der Waals surface area contributed by atoms with Crippen molar-refractivity contribution in [3.8, 4) is 11.1 Å². The number of anilines is 6. The summed E-state index contributed by atoms with van der Waals surface area (Å²) in [5, 5.41) is 0. The number of hydrogen-bond donors (Lipinski definition) is 0. The van der Waals surface area contributed by atoms with Crippen molar-refractivity contribution in [3.05, 3.63) is 240 Å². The maximum Gasteiger partial charge on any atom is 0.0465 e. The number of hydrogen-bond acceptors (Lipinski definition) is 2. The molecule has 0 spiro atoms. The van der Waals surface area contributed by atoms with Crippen molar-refractivity contribution in [1.82, 2.24) is 0 Å². The summed E-state index contributed by atoms with van der Waals surface area (Å²) < 4.78 is 0. The van der Waals surface area contributed by atoms with E-state index in [4.69, 9.17) is 0 Å². The van der Waals surface area contributed by atoms with Gasteiger partial charge in [-0.1, -0.05) is 172 Å². The van der Waals surface area contributed by atoms with Crippen LogP contribution in [0.1, 0.15) is 47.2 Å². The fourth-order valence-electron chi connectivity index (χ4n) is 8.02. The lowest BCUT2D eigenvalue weighted by Gasteiger charge is -2.29. The largest absolute Gasteiger partial charge is 0.310 e. The highest BCUT2D eigenvalue weighted by atomic mass is 15.1. The summed E-state index contributed by atoms with van der Waals surface area (Å²) in [6.07, 6.45) is 8.67. The van der Waals surface area contributed by atoms with Gasteiger partial charge in [-0.25, -0.2) is 0 Å². The Kier molecular flexibility index (Phi) is 9.68. The highest BCUT2D eigenvalue weighted by Crippen LogP contribution is 2.52. The van der Waals surface area contributed by atoms with Crippen molar-refractivity contribution in [3.63, 3.8) is 0 Å². The third-order valence-electron chi connectivity index (χ3n) is 11.0. The minimum absolute atomic E-state index is 0.223. The van der Waals surface area contributed by atoms with E-state index in [-0.39, 0.29) is 5.41 Å². The Balaban J connectivity index is 1.05. The van der Waals surface area contributed by atoms with Crippen LogP contribution in [-0.4, -0.2) is 0 Å². The van der Waals surface area contributed by atoms with E-state index in [9.17, 15) is 0 Å². The molecule has 0 saturated carbocycles. The van der Waals surface area contributed by atoms with Gasteiger partial charge in [-0.15, -0.1) is 0 Å². The molecule has 0 saturated heterocycles. The van der Waals surface area contributed by atoms with E-state index >= 15 is 0 Å². The maximum atomic E-state index is 2.40. The van der Waals surface area contributed by atoms with Crippen LogP contribution in [0.25, 0.3) is 35.4 Å². The van der Waals surface area contributed by atoms with Gasteiger partial charge in [0.25, 0.3) is 0 Å². The Morgan fingerprint density at radius 2 is 0.579 bits per heavy atom. The number of fused-ring (bicyclic) bond motifs is 3. The quantitative estimate of drug-likeness (QED) is 0.129. The first-order valence-electron chi connectivity index (χ1n) is 19.7. The average Bonchev–Trinajstić information content (AvgIpc) is 3.49. The van der Waals surface area contributed by atoms with Gasteiger partial charge >= 0.3 is 0 Å². The van der Waals surface area contributed by atoms with Crippen LogP contribution in [0.5, 0.6) is 0 Å². The molecule has 9 rings (SSSR count). The average molecular weight is 733 g/mol. The number of benzene rings is 8. The Bertz CT molecular complexity index is 2470. The van der Waals surface area contributed by atoms with Gasteiger partial charge in [0.2, 0.25) is 0 Å². The fraction of sp³-hybridized carbons (Fsp3) is 0.0545. The predicted octanol–water partition coefficient (Wildman–Crippen LogP) is 15.3. The molecule has 1 aliphatic carbocycles. The van der Waals surface area contributed by atoms with Crippen LogP contribution in [0.4, 0.5) is 34.1 Å². The standard InChI is InChI=1S/C55H44N2/c1-55(2)53-39-49(56(45-19-11-5-12-20-45)47-31-27-43(28-32-47)25-23-41-15-7-3-8-16-41)35-37-51(53)52-38-36-50(40-54(52)55)57(46-21-13-6-14-22-46)48-33-29-44(30-34-48)26-24-42-17-9-4-10-18-42/h3-40H,1-2H3. The SMILES string of the molecule is CC1(C)c2cc(N(c3ccccc3)c3ccc(C=Cc4ccccc4)cc3)ccc2-c2ccc(N(c3ccccc3)c3ccc(C=Cc4ccccc4)cc3)cc21. The molecule has 0 fully saturated rings. The van der Waals surface area contributed by atoms with Crippen molar-refractivity contribution < 1.29 is 0 Å². The zero-order valence-electron chi connectivity index (χ0n) is 32.3. The molecule has 0 heterocycles. The first-order valence-corrected chi connectivity index (χ1v) is 19.7. The van der Waals surface area contributed by atoms with Gasteiger partial charge in [-0.3, -0.25) is 0 Å². The summed E-state index contributed by atoms with van der Waals surface area (Å²) in [7, 11) is 0. The normalized spacial score (nSPS) is 12.7. The summed E-state index contributed by atoms with van der Waals surface area (Å²) in [6.45, 7) is 4.74. The summed E-state index contributed by atoms with van der Waals surface area (Å²) >= 11 is 0. The molecule has 2 nitrogen and oxygen atoms in total. The molecule has 0 radical (unpaired) electrons. The summed E-state index contributed by atoms with van der Waals surface area (Å²) in [4.78, 5) is 4.73. The number of para-hydroxylation sites is 2. The first kappa shape index (κ1) is 35.5. The zero-order valence-corrected chi connectivity index (χ0v) is 32.3. The van der Waals surface area contributed by atoms with Crippen LogP contribution >= 0.6 is 0 Å². The van der Waals surface area contributed by atoms with Gasteiger partial charge in [0.05, 0.1) is 0 Å².